The molecule has 3 N–H and O–H groups in total. The van der Waals surface area contributed by atoms with Crippen molar-refractivity contribution >= 4 is 42.7 Å². The van der Waals surface area contributed by atoms with Gasteiger partial charge in [-0.15, -0.1) is 0 Å². The Labute approximate surface area is 263 Å². The minimum atomic E-state index is -2.47. The summed E-state index contributed by atoms with van der Waals surface area (Å²) < 4.78 is 27.5. The number of carbonyl (C=O) groups is 3. The Morgan fingerprint density at radius 2 is 1.19 bits per heavy atom. The van der Waals surface area contributed by atoms with E-state index in [2.05, 4.69) is 112 Å². The molecule has 0 aromatic carbocycles. The summed E-state index contributed by atoms with van der Waals surface area (Å²) in [7, 11) is -7.12. The zero-order valence-corrected chi connectivity index (χ0v) is 32.6. The molecule has 0 spiro atoms. The molecule has 0 radical (unpaired) electrons. The SMILES string of the molecule is CC(=O)N[C@@H]1[C@@H](O[Si](C)(C)C(C)(C)C)[C@H](O[Si](C)(C)C(C)(C)C)[C@@H](CO[Si](C)(C)C(C)(C)C)O[C@H]1NC(=O)/C=C\C(=O)O. The molecule has 0 aromatic heterocycles. The number of carboxylic acid groups (broad SMARTS) is 1. The van der Waals surface area contributed by atoms with E-state index < -0.39 is 67.4 Å². The van der Waals surface area contributed by atoms with E-state index in [0.717, 1.165) is 12.2 Å². The number of nitrogens with one attached hydrogen (secondary N) is 2. The first-order chi connectivity index (χ1) is 19.0. The van der Waals surface area contributed by atoms with Crippen LogP contribution >= 0.6 is 0 Å². The Hall–Kier alpha value is -1.36. The minimum absolute atomic E-state index is 0.0531. The topological polar surface area (TPSA) is 132 Å². The fourth-order valence-corrected chi connectivity index (χ4v) is 7.40. The summed E-state index contributed by atoms with van der Waals surface area (Å²) in [6.45, 7) is 34.0. The molecule has 250 valence electrons. The normalized spacial score (nSPS) is 24.6. The number of carboxylic acids is 1. The molecule has 5 atom stereocenters. The average molecular weight is 661 g/mol. The van der Waals surface area contributed by atoms with Crippen molar-refractivity contribution in [2.75, 3.05) is 6.61 Å². The van der Waals surface area contributed by atoms with Gasteiger partial charge in [-0.1, -0.05) is 62.3 Å². The smallest absolute Gasteiger partial charge is 0.328 e. The van der Waals surface area contributed by atoms with Crippen molar-refractivity contribution in [2.24, 2.45) is 0 Å². The Bertz CT molecular complexity index is 1030. The Morgan fingerprint density at radius 1 is 0.744 bits per heavy atom. The zero-order valence-electron chi connectivity index (χ0n) is 29.6. The number of amides is 2. The first-order valence-corrected chi connectivity index (χ1v) is 23.9. The lowest BCUT2D eigenvalue weighted by Gasteiger charge is -2.53. The van der Waals surface area contributed by atoms with E-state index in [0.29, 0.717) is 0 Å². The Morgan fingerprint density at radius 3 is 1.58 bits per heavy atom. The summed E-state index contributed by atoms with van der Waals surface area (Å²) in [4.78, 5) is 36.5. The van der Waals surface area contributed by atoms with Crippen molar-refractivity contribution < 1.29 is 37.5 Å². The van der Waals surface area contributed by atoms with Gasteiger partial charge in [-0.05, 0) is 54.4 Å². The van der Waals surface area contributed by atoms with Gasteiger partial charge in [0.2, 0.25) is 11.8 Å². The molecule has 10 nitrogen and oxygen atoms in total. The summed E-state index contributed by atoms with van der Waals surface area (Å²) in [6.07, 6.45) is -1.28. The van der Waals surface area contributed by atoms with Crippen molar-refractivity contribution in [3.63, 3.8) is 0 Å². The third kappa shape index (κ3) is 10.9. The summed E-state index contributed by atoms with van der Waals surface area (Å²) in [5.74, 6) is -2.23. The van der Waals surface area contributed by atoms with Gasteiger partial charge in [-0.3, -0.25) is 9.59 Å². The lowest BCUT2D eigenvalue weighted by atomic mass is 9.96. The largest absolute Gasteiger partial charge is 0.478 e. The molecule has 0 unspecified atom stereocenters. The lowest BCUT2D eigenvalue weighted by molar-refractivity contribution is -0.194. The van der Waals surface area contributed by atoms with Crippen LogP contribution in [0.3, 0.4) is 0 Å². The molecule has 43 heavy (non-hydrogen) atoms. The van der Waals surface area contributed by atoms with Crippen LogP contribution < -0.4 is 10.6 Å². The van der Waals surface area contributed by atoms with E-state index in [1.165, 1.54) is 6.92 Å². The van der Waals surface area contributed by atoms with E-state index in [1.807, 2.05) is 0 Å². The van der Waals surface area contributed by atoms with Crippen LogP contribution in [0.1, 0.15) is 69.2 Å². The van der Waals surface area contributed by atoms with Crippen molar-refractivity contribution in [3.05, 3.63) is 12.2 Å². The second-order valence-corrected chi connectivity index (χ2v) is 30.6. The molecule has 2 amide bonds. The summed E-state index contributed by atoms with van der Waals surface area (Å²) in [5, 5.41) is 14.5. The van der Waals surface area contributed by atoms with Gasteiger partial charge >= 0.3 is 5.97 Å². The van der Waals surface area contributed by atoms with Gasteiger partial charge in [-0.25, -0.2) is 4.79 Å². The summed E-state index contributed by atoms with van der Waals surface area (Å²) in [6, 6.07) is -0.812. The first kappa shape index (κ1) is 39.7. The number of rotatable bonds is 11. The van der Waals surface area contributed by atoms with E-state index in [9.17, 15) is 14.4 Å². The third-order valence-corrected chi connectivity index (χ3v) is 23.1. The monoisotopic (exact) mass is 660 g/mol. The van der Waals surface area contributed by atoms with Crippen molar-refractivity contribution in [3.8, 4) is 0 Å². The first-order valence-electron chi connectivity index (χ1n) is 15.2. The maximum Gasteiger partial charge on any atom is 0.328 e. The molecular weight excluding hydrogens is 601 g/mol. The third-order valence-electron chi connectivity index (χ3n) is 9.61. The maximum atomic E-state index is 12.9. The standard InChI is InChI=1S/C30H60N2O8Si3/c1-20(33)31-24-26(40-43(15,16)30(8,9)10)25(39-42(13,14)29(5,6)7)21(19-37-41(11,12)28(2,3)4)38-27(24)32-22(34)17-18-23(35)36/h17-18,21,24-27H,19H2,1-16H3,(H,31,33)(H,32,34)(H,35,36)/b18-17-/t21-,24-,25-,26-,27-/m1/s1. The predicted octanol–water partition coefficient (Wildman–Crippen LogP) is 5.78. The lowest BCUT2D eigenvalue weighted by Crippen LogP contribution is -2.72. The Balaban J connectivity index is 3.85. The molecule has 1 aliphatic heterocycles. The van der Waals surface area contributed by atoms with Crippen LogP contribution in [0.2, 0.25) is 54.4 Å². The molecule has 1 aliphatic rings. The molecule has 1 saturated heterocycles. The van der Waals surface area contributed by atoms with Gasteiger partial charge in [0.25, 0.3) is 0 Å². The molecule has 0 bridgehead atoms. The predicted molar refractivity (Wildman–Crippen MR) is 178 cm³/mol. The molecule has 1 rings (SSSR count). The highest BCUT2D eigenvalue weighted by atomic mass is 28.4. The van der Waals surface area contributed by atoms with E-state index in [4.69, 9.17) is 23.1 Å². The van der Waals surface area contributed by atoms with Crippen molar-refractivity contribution in [1.29, 1.82) is 0 Å². The molecule has 1 heterocycles. The van der Waals surface area contributed by atoms with Gasteiger partial charge in [0.1, 0.15) is 18.2 Å². The van der Waals surface area contributed by atoms with Crippen molar-refractivity contribution in [2.45, 2.75) is 154 Å². The number of hydrogen-bond donors (Lipinski definition) is 3. The number of aliphatic carboxylic acids is 1. The molecule has 0 aliphatic carbocycles. The number of ether oxygens (including phenoxy) is 1. The average Bonchev–Trinajstić information content (AvgIpc) is 2.77. The minimum Gasteiger partial charge on any atom is -0.478 e. The van der Waals surface area contributed by atoms with Crippen LogP contribution in [0.5, 0.6) is 0 Å². The second-order valence-electron chi connectivity index (χ2n) is 16.3. The van der Waals surface area contributed by atoms with Crippen LogP contribution in [0.4, 0.5) is 0 Å². The zero-order chi connectivity index (χ0) is 34.0. The summed E-state index contributed by atoms with van der Waals surface area (Å²) in [5.41, 5.74) is 0. The maximum absolute atomic E-state index is 12.9. The molecule has 1 fully saturated rings. The highest BCUT2D eigenvalue weighted by molar-refractivity contribution is 6.75. The van der Waals surface area contributed by atoms with Gasteiger partial charge in [0.15, 0.2) is 31.2 Å². The van der Waals surface area contributed by atoms with Crippen LogP contribution in [0, 0.1) is 0 Å². The fraction of sp³-hybridized carbons (Fsp3) is 0.833. The van der Waals surface area contributed by atoms with Crippen molar-refractivity contribution in [1.82, 2.24) is 10.6 Å². The number of carbonyl (C=O) groups excluding carboxylic acids is 2. The van der Waals surface area contributed by atoms with E-state index >= 15 is 0 Å². The van der Waals surface area contributed by atoms with Gasteiger partial charge in [0, 0.05) is 19.1 Å². The molecule has 0 aromatic rings. The summed E-state index contributed by atoms with van der Waals surface area (Å²) >= 11 is 0. The highest BCUT2D eigenvalue weighted by Gasteiger charge is 2.55. The quantitative estimate of drug-likeness (QED) is 0.188. The molecular formula is C30H60N2O8Si3. The highest BCUT2D eigenvalue weighted by Crippen LogP contribution is 2.44. The molecule has 0 saturated carbocycles. The van der Waals surface area contributed by atoms with Crippen LogP contribution in [0.25, 0.3) is 0 Å². The van der Waals surface area contributed by atoms with Gasteiger partial charge in [-0.2, -0.15) is 0 Å². The van der Waals surface area contributed by atoms with E-state index in [-0.39, 0.29) is 27.6 Å². The van der Waals surface area contributed by atoms with Crippen LogP contribution in [-0.4, -0.2) is 85.0 Å². The van der Waals surface area contributed by atoms with Crippen LogP contribution in [-0.2, 0) is 32.4 Å². The van der Waals surface area contributed by atoms with Crippen LogP contribution in [0.15, 0.2) is 12.2 Å². The second kappa shape index (κ2) is 14.0. The van der Waals surface area contributed by atoms with Gasteiger partial charge < -0.3 is 33.8 Å². The molecule has 13 heteroatoms. The van der Waals surface area contributed by atoms with Gasteiger partial charge in [0.05, 0.1) is 12.7 Å². The Kier molecular flexibility index (Phi) is 12.9. The fourth-order valence-electron chi connectivity index (χ4n) is 3.75. The van der Waals surface area contributed by atoms with E-state index in [1.54, 1.807) is 0 Å². The number of hydrogen-bond acceptors (Lipinski definition) is 7.